The lowest BCUT2D eigenvalue weighted by Crippen LogP contribution is -2.29. The molecule has 2 atom stereocenters. The average molecular weight is 282 g/mol. The van der Waals surface area contributed by atoms with Gasteiger partial charge in [-0.25, -0.2) is 0 Å². The van der Waals surface area contributed by atoms with Crippen LogP contribution in [0.5, 0.6) is 5.75 Å². The largest absolute Gasteiger partial charge is 0.435 e. The minimum atomic E-state index is -2.84. The molecule has 0 amide bonds. The molecule has 0 spiro atoms. The molecule has 1 fully saturated rings. The Hall–Kier alpha value is -1.71. The van der Waals surface area contributed by atoms with Gasteiger partial charge in [-0.3, -0.25) is 5.32 Å². The molecule has 0 saturated carbocycles. The van der Waals surface area contributed by atoms with Gasteiger partial charge in [0, 0.05) is 13.2 Å². The molecule has 1 aliphatic heterocycles. The molecule has 1 aromatic carbocycles. The van der Waals surface area contributed by atoms with Crippen molar-refractivity contribution < 1.29 is 18.3 Å². The minimum Gasteiger partial charge on any atom is -0.435 e. The van der Waals surface area contributed by atoms with Crippen LogP contribution < -0.4 is 10.1 Å². The third kappa shape index (κ3) is 4.15. The summed E-state index contributed by atoms with van der Waals surface area (Å²) < 4.78 is 33.8. The van der Waals surface area contributed by atoms with Gasteiger partial charge in [0.2, 0.25) is 0 Å². The summed E-state index contributed by atoms with van der Waals surface area (Å²) in [7, 11) is 0. The molecule has 1 aliphatic rings. The first-order valence-electron chi connectivity index (χ1n) is 6.48. The lowest BCUT2D eigenvalue weighted by Gasteiger charge is -2.15. The lowest BCUT2D eigenvalue weighted by molar-refractivity contribution is -0.0498. The number of rotatable bonds is 6. The number of halogens is 2. The van der Waals surface area contributed by atoms with Crippen molar-refractivity contribution in [1.82, 2.24) is 5.32 Å². The van der Waals surface area contributed by atoms with Crippen LogP contribution in [0.3, 0.4) is 0 Å². The van der Waals surface area contributed by atoms with Gasteiger partial charge in [0.25, 0.3) is 0 Å². The van der Waals surface area contributed by atoms with E-state index in [0.29, 0.717) is 12.1 Å². The van der Waals surface area contributed by atoms with E-state index in [0.717, 1.165) is 19.4 Å². The predicted octanol–water partition coefficient (Wildman–Crippen LogP) is 2.62. The zero-order valence-corrected chi connectivity index (χ0v) is 10.9. The van der Waals surface area contributed by atoms with Gasteiger partial charge in [0.1, 0.15) is 11.8 Å². The highest BCUT2D eigenvalue weighted by atomic mass is 19.3. The molecule has 1 heterocycles. The second kappa shape index (κ2) is 7.17. The Morgan fingerprint density at radius 2 is 2.15 bits per heavy atom. The summed E-state index contributed by atoms with van der Waals surface area (Å²) in [6.07, 6.45) is 2.18. The second-order valence-electron chi connectivity index (χ2n) is 4.55. The summed E-state index contributed by atoms with van der Waals surface area (Å²) in [4.78, 5) is 0. The number of hydrogen-bond donors (Lipinski definition) is 1. The summed E-state index contributed by atoms with van der Waals surface area (Å²) >= 11 is 0. The van der Waals surface area contributed by atoms with Crippen LogP contribution in [0, 0.1) is 11.3 Å². The Balaban J connectivity index is 1.91. The average Bonchev–Trinajstić information content (AvgIpc) is 2.94. The van der Waals surface area contributed by atoms with Crippen LogP contribution in [0.25, 0.3) is 0 Å². The maximum atomic E-state index is 12.0. The highest BCUT2D eigenvalue weighted by Crippen LogP contribution is 2.20. The number of benzene rings is 1. The van der Waals surface area contributed by atoms with Gasteiger partial charge in [0.05, 0.1) is 12.2 Å². The Kier molecular flexibility index (Phi) is 5.27. The highest BCUT2D eigenvalue weighted by Gasteiger charge is 2.18. The molecule has 108 valence electrons. The van der Waals surface area contributed by atoms with Crippen molar-refractivity contribution in [1.29, 1.82) is 5.26 Å². The van der Waals surface area contributed by atoms with Gasteiger partial charge in [-0.15, -0.1) is 0 Å². The molecule has 4 nitrogen and oxygen atoms in total. The number of nitrogens with zero attached hydrogens (tertiary/aromatic N) is 1. The van der Waals surface area contributed by atoms with E-state index in [1.165, 1.54) is 12.1 Å². The number of alkyl halides is 2. The molecule has 6 heteroatoms. The molecular weight excluding hydrogens is 266 g/mol. The monoisotopic (exact) mass is 282 g/mol. The third-order valence-corrected chi connectivity index (χ3v) is 3.14. The Morgan fingerprint density at radius 1 is 1.40 bits per heavy atom. The zero-order chi connectivity index (χ0) is 14.4. The van der Waals surface area contributed by atoms with E-state index in [9.17, 15) is 8.78 Å². The van der Waals surface area contributed by atoms with Gasteiger partial charge >= 0.3 is 6.61 Å². The van der Waals surface area contributed by atoms with Crippen molar-refractivity contribution in [2.45, 2.75) is 31.6 Å². The van der Waals surface area contributed by atoms with Crippen LogP contribution in [0.4, 0.5) is 8.78 Å². The summed E-state index contributed by atoms with van der Waals surface area (Å²) in [5, 5.41) is 12.3. The predicted molar refractivity (Wildman–Crippen MR) is 68.4 cm³/mol. The van der Waals surface area contributed by atoms with Gasteiger partial charge in [0.15, 0.2) is 0 Å². The first-order chi connectivity index (χ1) is 9.69. The van der Waals surface area contributed by atoms with Crippen LogP contribution in [0.15, 0.2) is 24.3 Å². The van der Waals surface area contributed by atoms with E-state index >= 15 is 0 Å². The molecule has 0 aliphatic carbocycles. The van der Waals surface area contributed by atoms with Crippen molar-refractivity contribution in [3.63, 3.8) is 0 Å². The van der Waals surface area contributed by atoms with Crippen molar-refractivity contribution in [3.05, 3.63) is 29.8 Å². The summed E-state index contributed by atoms with van der Waals surface area (Å²) in [6, 6.07) is 7.73. The summed E-state index contributed by atoms with van der Waals surface area (Å²) in [5.74, 6) is 0.0829. The second-order valence-corrected chi connectivity index (χ2v) is 4.55. The summed E-state index contributed by atoms with van der Waals surface area (Å²) in [5.41, 5.74) is 0.715. The maximum Gasteiger partial charge on any atom is 0.387 e. The van der Waals surface area contributed by atoms with E-state index < -0.39 is 12.7 Å². The van der Waals surface area contributed by atoms with Crippen LogP contribution in [0.1, 0.15) is 24.4 Å². The molecule has 0 bridgehead atoms. The van der Waals surface area contributed by atoms with Crippen molar-refractivity contribution in [3.8, 4) is 11.8 Å². The van der Waals surface area contributed by atoms with E-state index in [1.807, 2.05) is 0 Å². The smallest absolute Gasteiger partial charge is 0.387 e. The standard InChI is InChI=1S/C14H16F2N2O2/c15-14(16)20-11-5-3-10(4-6-11)13(8-17)18-9-12-2-1-7-19-12/h3-6,12-14,18H,1-2,7,9H2. The topological polar surface area (TPSA) is 54.3 Å². The van der Waals surface area contributed by atoms with Crippen LogP contribution >= 0.6 is 0 Å². The van der Waals surface area contributed by atoms with Crippen molar-refractivity contribution in [2.75, 3.05) is 13.2 Å². The maximum absolute atomic E-state index is 12.0. The zero-order valence-electron chi connectivity index (χ0n) is 10.9. The fraction of sp³-hybridized carbons (Fsp3) is 0.500. The van der Waals surface area contributed by atoms with Gasteiger partial charge in [-0.05, 0) is 30.5 Å². The fourth-order valence-corrected chi connectivity index (χ4v) is 2.13. The fourth-order valence-electron chi connectivity index (χ4n) is 2.13. The molecule has 1 aromatic rings. The number of nitrogens with one attached hydrogen (secondary N) is 1. The van der Waals surface area contributed by atoms with E-state index in [2.05, 4.69) is 16.1 Å². The van der Waals surface area contributed by atoms with Gasteiger partial charge in [-0.1, -0.05) is 12.1 Å². The first-order valence-corrected chi connectivity index (χ1v) is 6.48. The quantitative estimate of drug-likeness (QED) is 0.871. The van der Waals surface area contributed by atoms with Crippen LogP contribution in [-0.2, 0) is 4.74 Å². The lowest BCUT2D eigenvalue weighted by atomic mass is 10.1. The molecule has 2 unspecified atom stereocenters. The first kappa shape index (κ1) is 14.7. The molecule has 0 aromatic heterocycles. The SMILES string of the molecule is N#CC(NCC1CCCO1)c1ccc(OC(F)F)cc1. The minimum absolute atomic E-state index is 0.0829. The molecule has 20 heavy (non-hydrogen) atoms. The molecule has 1 saturated heterocycles. The number of hydrogen-bond acceptors (Lipinski definition) is 4. The molecule has 2 rings (SSSR count). The van der Waals surface area contributed by atoms with Gasteiger partial charge in [-0.2, -0.15) is 14.0 Å². The highest BCUT2D eigenvalue weighted by molar-refractivity contribution is 5.31. The van der Waals surface area contributed by atoms with Crippen molar-refractivity contribution in [2.24, 2.45) is 0 Å². The Bertz CT molecular complexity index is 453. The third-order valence-electron chi connectivity index (χ3n) is 3.14. The van der Waals surface area contributed by atoms with Crippen molar-refractivity contribution >= 4 is 0 Å². The molecule has 0 radical (unpaired) electrons. The summed E-state index contributed by atoms with van der Waals surface area (Å²) in [6.45, 7) is -1.47. The number of nitriles is 1. The van der Waals surface area contributed by atoms with Gasteiger partial charge < -0.3 is 9.47 Å². The molecular formula is C14H16F2N2O2. The Morgan fingerprint density at radius 3 is 2.70 bits per heavy atom. The van der Waals surface area contributed by atoms with Crippen LogP contribution in [0.2, 0.25) is 0 Å². The van der Waals surface area contributed by atoms with E-state index in [4.69, 9.17) is 10.00 Å². The van der Waals surface area contributed by atoms with E-state index in [-0.39, 0.29) is 11.9 Å². The Labute approximate surface area is 116 Å². The normalized spacial score (nSPS) is 19.8. The number of ether oxygens (including phenoxy) is 2. The van der Waals surface area contributed by atoms with E-state index in [1.54, 1.807) is 12.1 Å². The van der Waals surface area contributed by atoms with Crippen LogP contribution in [-0.4, -0.2) is 25.9 Å². The molecule has 1 N–H and O–H groups in total.